The van der Waals surface area contributed by atoms with Crippen LogP contribution in [0.15, 0.2) is 23.7 Å². The molecule has 3 rings (SSSR count). The Morgan fingerprint density at radius 2 is 2.14 bits per heavy atom. The molecule has 1 aromatic heterocycles. The van der Waals surface area contributed by atoms with Crippen LogP contribution in [0.4, 0.5) is 5.69 Å². The first kappa shape index (κ1) is 20.0. The zero-order valence-corrected chi connectivity index (χ0v) is 17.1. The molecule has 1 fully saturated rings. The molecule has 2 aromatic rings. The topological polar surface area (TPSA) is 91.4 Å². The molecule has 1 aliphatic rings. The molecular weight excluding hydrogens is 376 g/mol. The van der Waals surface area contributed by atoms with Gasteiger partial charge in [0.1, 0.15) is 6.04 Å². The molecule has 1 unspecified atom stereocenters. The van der Waals surface area contributed by atoms with Crippen LogP contribution >= 0.6 is 11.3 Å². The minimum Gasteiger partial charge on any atom is -0.344 e. The van der Waals surface area contributed by atoms with Crippen molar-refractivity contribution in [3.63, 3.8) is 0 Å². The summed E-state index contributed by atoms with van der Waals surface area (Å²) < 4.78 is 0. The Balaban J connectivity index is 1.65. The molecule has 1 aliphatic heterocycles. The lowest BCUT2D eigenvalue weighted by Gasteiger charge is -2.18. The van der Waals surface area contributed by atoms with Crippen LogP contribution in [0, 0.1) is 13.8 Å². The molecule has 1 atom stereocenters. The molecule has 28 heavy (non-hydrogen) atoms. The van der Waals surface area contributed by atoms with Crippen molar-refractivity contribution in [2.45, 2.75) is 39.2 Å². The highest BCUT2D eigenvalue weighted by atomic mass is 32.1. The summed E-state index contributed by atoms with van der Waals surface area (Å²) in [7, 11) is 1.77. The molecule has 1 saturated heterocycles. The van der Waals surface area contributed by atoms with E-state index in [-0.39, 0.29) is 17.7 Å². The number of nitrogens with zero attached hydrogens (tertiary/aromatic N) is 2. The first-order valence-electron chi connectivity index (χ1n) is 9.20. The van der Waals surface area contributed by atoms with E-state index >= 15 is 0 Å². The van der Waals surface area contributed by atoms with Crippen molar-refractivity contribution >= 4 is 34.7 Å². The van der Waals surface area contributed by atoms with Gasteiger partial charge >= 0.3 is 0 Å². The molecule has 1 aromatic carbocycles. The molecule has 0 saturated carbocycles. The number of benzene rings is 1. The highest BCUT2D eigenvalue weighted by Crippen LogP contribution is 2.20. The molecule has 148 valence electrons. The van der Waals surface area contributed by atoms with E-state index in [1.807, 2.05) is 25.4 Å². The Labute approximate surface area is 168 Å². The Hall–Kier alpha value is -2.74. The van der Waals surface area contributed by atoms with Gasteiger partial charge in [-0.2, -0.15) is 0 Å². The van der Waals surface area contributed by atoms with Gasteiger partial charge in [0.15, 0.2) is 0 Å². The number of rotatable bonds is 6. The van der Waals surface area contributed by atoms with Crippen LogP contribution < -0.4 is 10.6 Å². The highest BCUT2D eigenvalue weighted by Gasteiger charge is 2.27. The first-order valence-corrected chi connectivity index (χ1v) is 10.1. The van der Waals surface area contributed by atoms with Crippen LogP contribution in [0.2, 0.25) is 0 Å². The number of nitrogens with one attached hydrogen (secondary N) is 2. The maximum absolute atomic E-state index is 12.8. The summed E-state index contributed by atoms with van der Waals surface area (Å²) >= 11 is 1.60. The number of hydrogen-bond acceptors (Lipinski definition) is 5. The van der Waals surface area contributed by atoms with E-state index in [0.29, 0.717) is 30.6 Å². The first-order chi connectivity index (χ1) is 13.3. The Kier molecular flexibility index (Phi) is 6.08. The van der Waals surface area contributed by atoms with Gasteiger partial charge in [0.05, 0.1) is 11.2 Å². The quantitative estimate of drug-likeness (QED) is 0.778. The van der Waals surface area contributed by atoms with E-state index in [4.69, 9.17) is 0 Å². The molecule has 0 bridgehead atoms. The second-order valence-corrected chi connectivity index (χ2v) is 7.95. The lowest BCUT2D eigenvalue weighted by atomic mass is 10.1. The average Bonchev–Trinajstić information content (AvgIpc) is 3.29. The number of carbonyl (C=O) groups is 3. The highest BCUT2D eigenvalue weighted by molar-refractivity contribution is 7.09. The van der Waals surface area contributed by atoms with Gasteiger partial charge in [0.2, 0.25) is 11.8 Å². The van der Waals surface area contributed by atoms with E-state index in [0.717, 1.165) is 17.7 Å². The summed E-state index contributed by atoms with van der Waals surface area (Å²) in [5, 5.41) is 5.49. The molecule has 7 nitrogen and oxygen atoms in total. The van der Waals surface area contributed by atoms with E-state index < -0.39 is 6.04 Å². The predicted molar refractivity (Wildman–Crippen MR) is 108 cm³/mol. The number of aryl methyl sites for hydroxylation is 2. The molecule has 2 heterocycles. The van der Waals surface area contributed by atoms with E-state index in [1.165, 1.54) is 4.88 Å². The van der Waals surface area contributed by atoms with Crippen LogP contribution in [0.5, 0.6) is 0 Å². The Bertz CT molecular complexity index is 909. The lowest BCUT2D eigenvalue weighted by Crippen LogP contribution is -2.37. The van der Waals surface area contributed by atoms with Crippen molar-refractivity contribution in [3.8, 4) is 0 Å². The number of amides is 3. The van der Waals surface area contributed by atoms with E-state index in [2.05, 4.69) is 15.6 Å². The van der Waals surface area contributed by atoms with Gasteiger partial charge in [-0.25, -0.2) is 4.98 Å². The fourth-order valence-corrected chi connectivity index (χ4v) is 3.85. The molecule has 0 spiro atoms. The summed E-state index contributed by atoms with van der Waals surface area (Å²) in [5.74, 6) is -0.474. The van der Waals surface area contributed by atoms with E-state index in [9.17, 15) is 14.4 Å². The third kappa shape index (κ3) is 4.56. The third-order valence-electron chi connectivity index (χ3n) is 4.92. The monoisotopic (exact) mass is 400 g/mol. The molecule has 0 radical (unpaired) electrons. The third-order valence-corrected chi connectivity index (χ3v) is 5.91. The van der Waals surface area contributed by atoms with Crippen molar-refractivity contribution in [2.75, 3.05) is 18.9 Å². The van der Waals surface area contributed by atoms with Crippen LogP contribution in [-0.4, -0.2) is 47.2 Å². The van der Waals surface area contributed by atoms with Gasteiger partial charge in [0.25, 0.3) is 5.91 Å². The van der Waals surface area contributed by atoms with Crippen molar-refractivity contribution in [2.24, 2.45) is 0 Å². The fraction of sp³-hybridized carbons (Fsp3) is 0.400. The zero-order valence-electron chi connectivity index (χ0n) is 16.2. The molecule has 3 amide bonds. The van der Waals surface area contributed by atoms with Crippen LogP contribution in [0.3, 0.4) is 0 Å². The number of likely N-dealkylation sites (N-methyl/N-ethyl adjacent to an activating group) is 1. The van der Waals surface area contributed by atoms with Gasteiger partial charge in [0, 0.05) is 42.6 Å². The number of aromatic nitrogens is 1. The normalized spacial score (nSPS) is 16.0. The summed E-state index contributed by atoms with van der Waals surface area (Å²) in [5.41, 5.74) is 4.78. The summed E-state index contributed by atoms with van der Waals surface area (Å²) in [6.07, 6.45) is 1.61. The van der Waals surface area contributed by atoms with Gasteiger partial charge < -0.3 is 15.5 Å². The second kappa shape index (κ2) is 8.52. The molecule has 8 heteroatoms. The standard InChI is InChI=1S/C20H24N4O3S/c1-12-4-5-14(10-16(12)23-19(26)15-6-7-18(25)22-15)20(27)24(3)9-8-17-13(2)21-11-28-17/h4-5,10-11,15H,6-9H2,1-3H3,(H,22,25)(H,23,26). The Morgan fingerprint density at radius 1 is 1.36 bits per heavy atom. The van der Waals surface area contributed by atoms with Crippen LogP contribution in [0.1, 0.15) is 39.3 Å². The van der Waals surface area contributed by atoms with E-state index in [1.54, 1.807) is 35.4 Å². The van der Waals surface area contributed by atoms with Gasteiger partial charge in [-0.05, 0) is 38.0 Å². The summed E-state index contributed by atoms with van der Waals surface area (Å²) in [4.78, 5) is 43.5. The lowest BCUT2D eigenvalue weighted by molar-refractivity contribution is -0.122. The largest absolute Gasteiger partial charge is 0.344 e. The zero-order chi connectivity index (χ0) is 20.3. The number of hydrogen-bond donors (Lipinski definition) is 2. The second-order valence-electron chi connectivity index (χ2n) is 7.02. The molecular formula is C20H24N4O3S. The summed E-state index contributed by atoms with van der Waals surface area (Å²) in [6, 6.07) is 4.76. The predicted octanol–water partition coefficient (Wildman–Crippen LogP) is 2.29. The van der Waals surface area contributed by atoms with Crippen molar-refractivity contribution in [1.29, 1.82) is 0 Å². The SMILES string of the molecule is Cc1ccc(C(=O)N(C)CCc2scnc2C)cc1NC(=O)C1CCC(=O)N1. The smallest absolute Gasteiger partial charge is 0.253 e. The van der Waals surface area contributed by atoms with Crippen molar-refractivity contribution in [3.05, 3.63) is 45.4 Å². The number of carbonyl (C=O) groups excluding carboxylic acids is 3. The fourth-order valence-electron chi connectivity index (χ4n) is 3.08. The molecule has 0 aliphatic carbocycles. The average molecular weight is 401 g/mol. The number of anilines is 1. The van der Waals surface area contributed by atoms with Crippen LogP contribution in [-0.2, 0) is 16.0 Å². The summed E-state index contributed by atoms with van der Waals surface area (Å²) in [6.45, 7) is 4.42. The maximum Gasteiger partial charge on any atom is 0.253 e. The van der Waals surface area contributed by atoms with Crippen molar-refractivity contribution in [1.82, 2.24) is 15.2 Å². The van der Waals surface area contributed by atoms with Gasteiger partial charge in [-0.15, -0.1) is 11.3 Å². The Morgan fingerprint density at radius 3 is 2.79 bits per heavy atom. The maximum atomic E-state index is 12.8. The van der Waals surface area contributed by atoms with Gasteiger partial charge in [-0.1, -0.05) is 6.07 Å². The number of thiazole rings is 1. The minimum atomic E-state index is -0.517. The van der Waals surface area contributed by atoms with Crippen LogP contribution in [0.25, 0.3) is 0 Å². The van der Waals surface area contributed by atoms with Crippen molar-refractivity contribution < 1.29 is 14.4 Å². The molecule has 2 N–H and O–H groups in total. The van der Waals surface area contributed by atoms with Gasteiger partial charge in [-0.3, -0.25) is 14.4 Å². The minimum absolute atomic E-state index is 0.105.